The molecule has 0 fully saturated rings. The van der Waals surface area contributed by atoms with Crippen LogP contribution >= 0.6 is 0 Å². The number of halogens is 3. The summed E-state index contributed by atoms with van der Waals surface area (Å²) in [5.41, 5.74) is 1.50. The van der Waals surface area contributed by atoms with E-state index in [0.29, 0.717) is 30.5 Å². The molecule has 11 heteroatoms. The zero-order valence-corrected chi connectivity index (χ0v) is 19.3. The van der Waals surface area contributed by atoms with Gasteiger partial charge in [0.15, 0.2) is 0 Å². The summed E-state index contributed by atoms with van der Waals surface area (Å²) in [5, 5.41) is 6.22. The molecule has 0 atom stereocenters. The van der Waals surface area contributed by atoms with E-state index >= 15 is 0 Å². The predicted octanol–water partition coefficient (Wildman–Crippen LogP) is 5.28. The smallest absolute Gasteiger partial charge is 0.350 e. The number of hydrogen-bond acceptors (Lipinski definition) is 7. The van der Waals surface area contributed by atoms with Crippen LogP contribution in [0.15, 0.2) is 67.3 Å². The number of rotatable bonds is 9. The van der Waals surface area contributed by atoms with Gasteiger partial charge in [0.1, 0.15) is 0 Å². The molecule has 0 unspecified atom stereocenters. The Labute approximate surface area is 200 Å². The molecule has 0 spiro atoms. The lowest BCUT2D eigenvalue weighted by atomic mass is 10.1. The zero-order chi connectivity index (χ0) is 24.8. The minimum atomic E-state index is -4.40. The maximum Gasteiger partial charge on any atom is 0.416 e. The van der Waals surface area contributed by atoms with E-state index in [0.717, 1.165) is 23.5 Å². The quantitative estimate of drug-likeness (QED) is 0.336. The summed E-state index contributed by atoms with van der Waals surface area (Å²) in [5.74, 6) is 1.05. The molecule has 4 rings (SSSR count). The summed E-state index contributed by atoms with van der Waals surface area (Å²) < 4.78 is 41.0. The first kappa shape index (κ1) is 24.0. The van der Waals surface area contributed by atoms with Gasteiger partial charge in [-0.1, -0.05) is 12.1 Å². The second-order valence-corrected chi connectivity index (χ2v) is 7.65. The lowest BCUT2D eigenvalue weighted by Crippen LogP contribution is -2.25. The Morgan fingerprint density at radius 1 is 0.943 bits per heavy atom. The largest absolute Gasteiger partial charge is 0.416 e. The summed E-state index contributed by atoms with van der Waals surface area (Å²) >= 11 is 0. The molecule has 0 aliphatic carbocycles. The number of nitrogens with one attached hydrogen (secondary N) is 2. The second kappa shape index (κ2) is 10.4. The van der Waals surface area contributed by atoms with E-state index in [9.17, 15) is 13.2 Å². The van der Waals surface area contributed by atoms with Crippen LogP contribution in [0.2, 0.25) is 0 Å². The fraction of sp³-hybridized carbons (Fsp3) is 0.250. The van der Waals surface area contributed by atoms with Crippen molar-refractivity contribution in [2.45, 2.75) is 26.6 Å². The van der Waals surface area contributed by atoms with E-state index in [2.05, 4.69) is 30.6 Å². The highest BCUT2D eigenvalue weighted by Gasteiger charge is 2.30. The minimum absolute atomic E-state index is 0.130. The van der Waals surface area contributed by atoms with E-state index in [1.807, 2.05) is 53.8 Å². The summed E-state index contributed by atoms with van der Waals surface area (Å²) in [6.45, 7) is 5.49. The van der Waals surface area contributed by atoms with Crippen LogP contribution in [-0.4, -0.2) is 37.6 Å². The monoisotopic (exact) mass is 482 g/mol. The van der Waals surface area contributed by atoms with E-state index in [1.54, 1.807) is 18.6 Å². The van der Waals surface area contributed by atoms with E-state index in [4.69, 9.17) is 0 Å². The van der Waals surface area contributed by atoms with Crippen molar-refractivity contribution in [2.24, 2.45) is 0 Å². The van der Waals surface area contributed by atoms with Crippen LogP contribution in [0.3, 0.4) is 0 Å². The van der Waals surface area contributed by atoms with Gasteiger partial charge in [0.2, 0.25) is 17.8 Å². The molecule has 0 saturated carbocycles. The van der Waals surface area contributed by atoms with Gasteiger partial charge >= 0.3 is 6.18 Å². The summed E-state index contributed by atoms with van der Waals surface area (Å²) in [6, 6.07) is 12.8. The SMILES string of the molecule is CCN(CC)c1nc(NCc2cccc(C(F)(F)F)c2)nc(Nc2ccc(-n3ccnc3)cc2)n1. The minimum Gasteiger partial charge on any atom is -0.350 e. The lowest BCUT2D eigenvalue weighted by Gasteiger charge is -2.20. The lowest BCUT2D eigenvalue weighted by molar-refractivity contribution is -0.137. The van der Waals surface area contributed by atoms with Crippen LogP contribution < -0.4 is 15.5 Å². The topological polar surface area (TPSA) is 83.8 Å². The number of hydrogen-bond donors (Lipinski definition) is 2. The molecule has 2 heterocycles. The molecule has 0 bridgehead atoms. The fourth-order valence-electron chi connectivity index (χ4n) is 3.44. The van der Waals surface area contributed by atoms with Gasteiger partial charge in [-0.3, -0.25) is 0 Å². The highest BCUT2D eigenvalue weighted by molar-refractivity contribution is 5.58. The maximum atomic E-state index is 13.0. The highest BCUT2D eigenvalue weighted by atomic mass is 19.4. The Kier molecular flexibility index (Phi) is 7.14. The summed E-state index contributed by atoms with van der Waals surface area (Å²) in [6.07, 6.45) is 0.878. The Morgan fingerprint density at radius 3 is 2.34 bits per heavy atom. The van der Waals surface area contributed by atoms with Gasteiger partial charge in [0.25, 0.3) is 0 Å². The van der Waals surface area contributed by atoms with E-state index in [1.165, 1.54) is 6.07 Å². The normalized spacial score (nSPS) is 11.3. The van der Waals surface area contributed by atoms with Crippen LogP contribution in [0.4, 0.5) is 36.7 Å². The maximum absolute atomic E-state index is 13.0. The van der Waals surface area contributed by atoms with Crippen LogP contribution in [-0.2, 0) is 12.7 Å². The molecule has 4 aromatic rings. The van der Waals surface area contributed by atoms with Gasteiger partial charge in [-0.05, 0) is 55.8 Å². The third-order valence-corrected chi connectivity index (χ3v) is 5.30. The third-order valence-electron chi connectivity index (χ3n) is 5.30. The van der Waals surface area contributed by atoms with Gasteiger partial charge in [0.05, 0.1) is 11.9 Å². The van der Waals surface area contributed by atoms with Crippen molar-refractivity contribution < 1.29 is 13.2 Å². The number of nitrogens with zero attached hydrogens (tertiary/aromatic N) is 6. The first-order chi connectivity index (χ1) is 16.9. The molecule has 2 aromatic heterocycles. The van der Waals surface area contributed by atoms with Crippen molar-refractivity contribution >= 4 is 23.5 Å². The van der Waals surface area contributed by atoms with E-state index in [-0.39, 0.29) is 12.5 Å². The van der Waals surface area contributed by atoms with Gasteiger partial charge in [-0.25, -0.2) is 4.98 Å². The molecule has 0 saturated heterocycles. The van der Waals surface area contributed by atoms with Gasteiger partial charge in [0, 0.05) is 43.4 Å². The summed E-state index contributed by atoms with van der Waals surface area (Å²) in [4.78, 5) is 19.4. The van der Waals surface area contributed by atoms with Crippen molar-refractivity contribution in [3.8, 4) is 5.69 Å². The number of aromatic nitrogens is 5. The molecule has 2 aromatic carbocycles. The molecule has 0 aliphatic rings. The third kappa shape index (κ3) is 6.05. The van der Waals surface area contributed by atoms with Crippen molar-refractivity contribution in [2.75, 3.05) is 28.6 Å². The average Bonchev–Trinajstić information content (AvgIpc) is 3.39. The fourth-order valence-corrected chi connectivity index (χ4v) is 3.44. The molecule has 0 radical (unpaired) electrons. The van der Waals surface area contributed by atoms with Crippen molar-refractivity contribution in [3.05, 3.63) is 78.4 Å². The average molecular weight is 483 g/mol. The molecule has 0 amide bonds. The molecular weight excluding hydrogens is 457 g/mol. The molecule has 35 heavy (non-hydrogen) atoms. The predicted molar refractivity (Wildman–Crippen MR) is 129 cm³/mol. The van der Waals surface area contributed by atoms with Crippen molar-refractivity contribution in [1.29, 1.82) is 0 Å². The first-order valence-corrected chi connectivity index (χ1v) is 11.1. The van der Waals surface area contributed by atoms with Crippen LogP contribution in [0.1, 0.15) is 25.0 Å². The Bertz CT molecular complexity index is 1240. The number of alkyl halides is 3. The second-order valence-electron chi connectivity index (χ2n) is 7.65. The molecular formula is C24H25F3N8. The van der Waals surface area contributed by atoms with Gasteiger partial charge in [-0.2, -0.15) is 28.1 Å². The van der Waals surface area contributed by atoms with Crippen LogP contribution in [0, 0.1) is 0 Å². The highest BCUT2D eigenvalue weighted by Crippen LogP contribution is 2.29. The summed E-state index contributed by atoms with van der Waals surface area (Å²) in [7, 11) is 0. The van der Waals surface area contributed by atoms with Gasteiger partial charge < -0.3 is 20.1 Å². The van der Waals surface area contributed by atoms with Crippen LogP contribution in [0.5, 0.6) is 0 Å². The van der Waals surface area contributed by atoms with Crippen molar-refractivity contribution in [1.82, 2.24) is 24.5 Å². The molecule has 8 nitrogen and oxygen atoms in total. The Balaban J connectivity index is 1.55. The molecule has 182 valence electrons. The van der Waals surface area contributed by atoms with Gasteiger partial charge in [-0.15, -0.1) is 0 Å². The number of benzene rings is 2. The number of imidazole rings is 1. The first-order valence-electron chi connectivity index (χ1n) is 11.1. The Hall–Kier alpha value is -4.15. The van der Waals surface area contributed by atoms with E-state index < -0.39 is 11.7 Å². The standard InChI is InChI=1S/C24H25F3N8/c1-3-34(4-2)23-32-21(29-15-17-6-5-7-18(14-17)24(25,26)27)31-22(33-23)30-19-8-10-20(11-9-19)35-13-12-28-16-35/h5-14,16H,3-4,15H2,1-2H3,(H2,29,30,31,32,33). The molecule has 0 aliphatic heterocycles. The Morgan fingerprint density at radius 2 is 1.69 bits per heavy atom. The molecule has 2 N–H and O–H groups in total. The van der Waals surface area contributed by atoms with Crippen molar-refractivity contribution in [3.63, 3.8) is 0 Å². The van der Waals surface area contributed by atoms with Crippen LogP contribution in [0.25, 0.3) is 5.69 Å². The number of anilines is 4. The zero-order valence-electron chi connectivity index (χ0n) is 19.3.